The van der Waals surface area contributed by atoms with Crippen LogP contribution in [0.1, 0.15) is 50.9 Å². The molecule has 0 aliphatic heterocycles. The summed E-state index contributed by atoms with van der Waals surface area (Å²) in [5.41, 5.74) is 0.670. The number of hydrogen-bond donors (Lipinski definition) is 0. The number of carbonyl (C=O) groups is 1. The molecule has 0 aliphatic carbocycles. The van der Waals surface area contributed by atoms with Gasteiger partial charge in [-0.3, -0.25) is 4.79 Å². The summed E-state index contributed by atoms with van der Waals surface area (Å²) in [5.74, 6) is 0.0706. The molecule has 3 heteroatoms. The first-order valence-electron chi connectivity index (χ1n) is 6.59. The summed E-state index contributed by atoms with van der Waals surface area (Å²) < 4.78 is 0. The van der Waals surface area contributed by atoms with Gasteiger partial charge in [0.15, 0.2) is 0 Å². The van der Waals surface area contributed by atoms with Gasteiger partial charge in [0.1, 0.15) is 0 Å². The highest BCUT2D eigenvalue weighted by Crippen LogP contribution is 2.18. The van der Waals surface area contributed by atoms with E-state index in [1.54, 1.807) is 12.1 Å². The fourth-order valence-corrected chi connectivity index (χ4v) is 2.19. The highest BCUT2D eigenvalue weighted by atomic mass is 35.5. The van der Waals surface area contributed by atoms with Crippen molar-refractivity contribution < 1.29 is 4.79 Å². The number of hydrogen-bond acceptors (Lipinski definition) is 1. The van der Waals surface area contributed by atoms with Crippen LogP contribution in [-0.2, 0) is 0 Å². The van der Waals surface area contributed by atoms with Crippen molar-refractivity contribution in [2.75, 3.05) is 0 Å². The highest BCUT2D eigenvalue weighted by Gasteiger charge is 2.24. The molecule has 1 aromatic carbocycles. The van der Waals surface area contributed by atoms with Crippen molar-refractivity contribution in [1.29, 1.82) is 0 Å². The number of rotatable bonds is 5. The molecule has 0 heterocycles. The van der Waals surface area contributed by atoms with Crippen LogP contribution in [0.25, 0.3) is 0 Å². The summed E-state index contributed by atoms with van der Waals surface area (Å²) in [7, 11) is 0. The molecule has 0 bridgehead atoms. The van der Waals surface area contributed by atoms with Gasteiger partial charge in [0.05, 0.1) is 0 Å². The fraction of sp³-hybridized carbons (Fsp3) is 0.533. The minimum Gasteiger partial charge on any atom is -0.333 e. The van der Waals surface area contributed by atoms with Crippen LogP contribution in [0.15, 0.2) is 24.3 Å². The van der Waals surface area contributed by atoms with Gasteiger partial charge in [0.25, 0.3) is 5.91 Å². The van der Waals surface area contributed by atoms with Gasteiger partial charge in [0, 0.05) is 22.7 Å². The van der Waals surface area contributed by atoms with E-state index in [1.165, 1.54) is 0 Å². The van der Waals surface area contributed by atoms with Gasteiger partial charge >= 0.3 is 0 Å². The summed E-state index contributed by atoms with van der Waals surface area (Å²) >= 11 is 5.95. The molecule has 1 amide bonds. The first-order valence-corrected chi connectivity index (χ1v) is 6.97. The number of halogens is 1. The van der Waals surface area contributed by atoms with Crippen LogP contribution in [0.3, 0.4) is 0 Å². The monoisotopic (exact) mass is 267 g/mol. The third kappa shape index (κ3) is 3.49. The van der Waals surface area contributed by atoms with Crippen molar-refractivity contribution in [1.82, 2.24) is 4.90 Å². The van der Waals surface area contributed by atoms with Gasteiger partial charge in [-0.05, 0) is 44.9 Å². The second kappa shape index (κ2) is 6.79. The van der Waals surface area contributed by atoms with Crippen molar-refractivity contribution in [3.8, 4) is 0 Å². The molecule has 1 aromatic rings. The summed E-state index contributed by atoms with van der Waals surface area (Å²) in [5, 5.41) is 0.606. The van der Waals surface area contributed by atoms with E-state index >= 15 is 0 Å². The zero-order valence-electron chi connectivity index (χ0n) is 11.6. The highest BCUT2D eigenvalue weighted by molar-refractivity contribution is 6.30. The molecule has 2 unspecified atom stereocenters. The molecule has 0 fully saturated rings. The zero-order valence-corrected chi connectivity index (χ0v) is 12.4. The summed E-state index contributed by atoms with van der Waals surface area (Å²) in [4.78, 5) is 14.5. The minimum absolute atomic E-state index is 0.0706. The minimum atomic E-state index is 0.0706. The van der Waals surface area contributed by atoms with Gasteiger partial charge in [-0.2, -0.15) is 0 Å². The maximum absolute atomic E-state index is 12.6. The van der Waals surface area contributed by atoms with Crippen molar-refractivity contribution in [2.45, 2.75) is 52.6 Å². The Morgan fingerprint density at radius 1 is 1.22 bits per heavy atom. The summed E-state index contributed by atoms with van der Waals surface area (Å²) in [6.45, 7) is 8.39. The van der Waals surface area contributed by atoms with Gasteiger partial charge in [-0.1, -0.05) is 31.5 Å². The third-order valence-corrected chi connectivity index (χ3v) is 3.67. The molecule has 0 saturated carbocycles. The number of carbonyl (C=O) groups excluding carboxylic acids is 1. The van der Waals surface area contributed by atoms with Crippen LogP contribution in [0.2, 0.25) is 5.02 Å². The van der Waals surface area contributed by atoms with E-state index in [0.29, 0.717) is 10.6 Å². The van der Waals surface area contributed by atoms with Crippen molar-refractivity contribution >= 4 is 17.5 Å². The molecule has 0 saturated heterocycles. The molecule has 100 valence electrons. The average molecular weight is 268 g/mol. The van der Waals surface area contributed by atoms with Crippen molar-refractivity contribution in [3.05, 3.63) is 34.9 Å². The van der Waals surface area contributed by atoms with E-state index in [9.17, 15) is 4.79 Å². The number of nitrogens with zero attached hydrogens (tertiary/aromatic N) is 1. The second-order valence-corrected chi connectivity index (χ2v) is 5.17. The molecule has 0 spiro atoms. The first kappa shape index (κ1) is 15.0. The Morgan fingerprint density at radius 3 is 2.22 bits per heavy atom. The third-order valence-electron chi connectivity index (χ3n) is 3.44. The number of amides is 1. The normalized spacial score (nSPS) is 14.1. The lowest BCUT2D eigenvalue weighted by molar-refractivity contribution is 0.0598. The molecule has 18 heavy (non-hydrogen) atoms. The molecule has 0 N–H and O–H groups in total. The Labute approximate surface area is 115 Å². The van der Waals surface area contributed by atoms with Crippen LogP contribution in [0, 0.1) is 0 Å². The quantitative estimate of drug-likeness (QED) is 0.775. The van der Waals surface area contributed by atoms with Gasteiger partial charge < -0.3 is 4.90 Å². The fourth-order valence-electron chi connectivity index (χ4n) is 2.00. The van der Waals surface area contributed by atoms with Gasteiger partial charge in [-0.15, -0.1) is 0 Å². The van der Waals surface area contributed by atoms with Crippen LogP contribution in [0.4, 0.5) is 0 Å². The molecular weight excluding hydrogens is 246 g/mol. The summed E-state index contributed by atoms with van der Waals surface area (Å²) in [6, 6.07) is 7.65. The Bertz CT molecular complexity index is 395. The predicted octanol–water partition coefficient (Wildman–Crippen LogP) is 4.38. The predicted molar refractivity (Wildman–Crippen MR) is 77.1 cm³/mol. The van der Waals surface area contributed by atoms with Crippen molar-refractivity contribution in [2.24, 2.45) is 0 Å². The largest absolute Gasteiger partial charge is 0.333 e. The van der Waals surface area contributed by atoms with Crippen molar-refractivity contribution in [3.63, 3.8) is 0 Å². The van der Waals surface area contributed by atoms with E-state index in [4.69, 9.17) is 11.6 Å². The Hall–Kier alpha value is -1.02. The maximum Gasteiger partial charge on any atom is 0.254 e. The molecule has 0 radical (unpaired) electrons. The molecule has 2 atom stereocenters. The Morgan fingerprint density at radius 2 is 1.78 bits per heavy atom. The van der Waals surface area contributed by atoms with E-state index in [0.717, 1.165) is 12.8 Å². The summed E-state index contributed by atoms with van der Waals surface area (Å²) in [6.07, 6.45) is 1.91. The standard InChI is InChI=1S/C15H22ClNO/c1-5-11(3)17(12(4)6-2)15(18)13-8-7-9-14(16)10-13/h7-12H,5-6H2,1-4H3. The van der Waals surface area contributed by atoms with E-state index < -0.39 is 0 Å². The Balaban J connectivity index is 3.02. The lowest BCUT2D eigenvalue weighted by Crippen LogP contribution is -2.44. The molecule has 2 nitrogen and oxygen atoms in total. The smallest absolute Gasteiger partial charge is 0.254 e. The van der Waals surface area contributed by atoms with Crippen LogP contribution in [-0.4, -0.2) is 22.9 Å². The number of benzene rings is 1. The van der Waals surface area contributed by atoms with Crippen LogP contribution < -0.4 is 0 Å². The molecule has 0 aliphatic rings. The first-order chi connectivity index (χ1) is 8.51. The average Bonchev–Trinajstić information content (AvgIpc) is 2.38. The van der Waals surface area contributed by atoms with Crippen LogP contribution >= 0.6 is 11.6 Å². The zero-order chi connectivity index (χ0) is 13.7. The topological polar surface area (TPSA) is 20.3 Å². The van der Waals surface area contributed by atoms with Gasteiger partial charge in [0.2, 0.25) is 0 Å². The van der Waals surface area contributed by atoms with E-state index in [1.807, 2.05) is 17.0 Å². The lowest BCUT2D eigenvalue weighted by atomic mass is 10.1. The molecule has 0 aromatic heterocycles. The van der Waals surface area contributed by atoms with Crippen LogP contribution in [0.5, 0.6) is 0 Å². The van der Waals surface area contributed by atoms with E-state index in [2.05, 4.69) is 27.7 Å². The van der Waals surface area contributed by atoms with Gasteiger partial charge in [-0.25, -0.2) is 0 Å². The maximum atomic E-state index is 12.6. The lowest BCUT2D eigenvalue weighted by Gasteiger charge is -2.34. The molecule has 1 rings (SSSR count). The van der Waals surface area contributed by atoms with E-state index in [-0.39, 0.29) is 18.0 Å². The SMILES string of the molecule is CCC(C)N(C(=O)c1cccc(Cl)c1)C(C)CC. The molecular formula is C15H22ClNO. The Kier molecular flexibility index (Phi) is 5.67. The second-order valence-electron chi connectivity index (χ2n) is 4.74.